The Morgan fingerprint density at radius 1 is 1.62 bits per heavy atom. The summed E-state index contributed by atoms with van der Waals surface area (Å²) >= 11 is 0. The summed E-state index contributed by atoms with van der Waals surface area (Å²) in [4.78, 5) is 9.81. The molecule has 2 N–H and O–H groups in total. The van der Waals surface area contributed by atoms with Crippen molar-refractivity contribution in [3.63, 3.8) is 0 Å². The van der Waals surface area contributed by atoms with Gasteiger partial charge in [0.1, 0.15) is 0 Å². The van der Waals surface area contributed by atoms with E-state index in [-0.39, 0.29) is 11.4 Å². The first kappa shape index (κ1) is 9.18. The van der Waals surface area contributed by atoms with Gasteiger partial charge in [0.25, 0.3) is 5.70 Å². The Labute approximate surface area is 75.1 Å². The van der Waals surface area contributed by atoms with E-state index >= 15 is 0 Å². The van der Waals surface area contributed by atoms with Crippen molar-refractivity contribution in [2.24, 2.45) is 0 Å². The largest absolute Gasteiger partial charge is 0.393 e. The molecule has 1 rings (SSSR count). The normalized spacial score (nSPS) is 18.7. The van der Waals surface area contributed by atoms with Crippen LogP contribution in [0.4, 0.5) is 0 Å². The molecule has 0 spiro atoms. The van der Waals surface area contributed by atoms with E-state index in [2.05, 4.69) is 5.32 Å². The first-order valence-corrected chi connectivity index (χ1v) is 3.65. The lowest BCUT2D eigenvalue weighted by Crippen LogP contribution is -2.09. The second-order valence-electron chi connectivity index (χ2n) is 2.46. The number of nitrogens with zero attached hydrogens (tertiary/aromatic N) is 1. The van der Waals surface area contributed by atoms with Crippen molar-refractivity contribution < 1.29 is 4.92 Å². The molecule has 0 aromatic carbocycles. The van der Waals surface area contributed by atoms with E-state index in [0.29, 0.717) is 5.57 Å². The molecule has 0 saturated heterocycles. The SMILES string of the molecule is CN/C=C1/C=CC([N+](=O)[O-])=CC1=N. The van der Waals surface area contributed by atoms with Gasteiger partial charge in [0.2, 0.25) is 0 Å². The summed E-state index contributed by atoms with van der Waals surface area (Å²) in [5.41, 5.74) is 0.718. The van der Waals surface area contributed by atoms with E-state index in [4.69, 9.17) is 5.41 Å². The molecule has 0 amide bonds. The van der Waals surface area contributed by atoms with E-state index in [1.54, 1.807) is 13.2 Å². The van der Waals surface area contributed by atoms with Gasteiger partial charge in [-0.3, -0.25) is 15.5 Å². The lowest BCUT2D eigenvalue weighted by molar-refractivity contribution is -0.418. The Morgan fingerprint density at radius 2 is 2.31 bits per heavy atom. The van der Waals surface area contributed by atoms with E-state index in [1.165, 1.54) is 18.2 Å². The van der Waals surface area contributed by atoms with Crippen LogP contribution in [0.2, 0.25) is 0 Å². The Morgan fingerprint density at radius 3 is 2.77 bits per heavy atom. The van der Waals surface area contributed by atoms with Crippen LogP contribution in [0.3, 0.4) is 0 Å². The minimum atomic E-state index is -0.513. The lowest BCUT2D eigenvalue weighted by Gasteiger charge is -2.04. The molecule has 0 saturated carbocycles. The average Bonchev–Trinajstić information content (AvgIpc) is 2.08. The number of hydrogen-bond donors (Lipinski definition) is 2. The van der Waals surface area contributed by atoms with Gasteiger partial charge in [0.05, 0.1) is 10.6 Å². The molecule has 0 bridgehead atoms. The van der Waals surface area contributed by atoms with Gasteiger partial charge in [-0.15, -0.1) is 0 Å². The highest BCUT2D eigenvalue weighted by atomic mass is 16.6. The van der Waals surface area contributed by atoms with E-state index < -0.39 is 4.92 Å². The third kappa shape index (κ3) is 2.02. The maximum Gasteiger partial charge on any atom is 0.271 e. The molecule has 0 aromatic rings. The predicted octanol–water partition coefficient (Wildman–Crippen LogP) is 0.840. The number of nitro groups is 1. The molecule has 0 unspecified atom stereocenters. The van der Waals surface area contributed by atoms with Crippen molar-refractivity contribution in [3.8, 4) is 0 Å². The van der Waals surface area contributed by atoms with Crippen LogP contribution in [0.15, 0.2) is 35.7 Å². The van der Waals surface area contributed by atoms with Gasteiger partial charge < -0.3 is 5.32 Å². The molecular formula is C8H9N3O2. The zero-order valence-corrected chi connectivity index (χ0v) is 7.07. The molecule has 68 valence electrons. The molecule has 5 nitrogen and oxygen atoms in total. The van der Waals surface area contributed by atoms with Crippen LogP contribution in [0, 0.1) is 15.5 Å². The molecule has 1 aliphatic carbocycles. The van der Waals surface area contributed by atoms with E-state index in [0.717, 1.165) is 0 Å². The molecular weight excluding hydrogens is 170 g/mol. The van der Waals surface area contributed by atoms with Crippen molar-refractivity contribution in [2.75, 3.05) is 7.05 Å². The summed E-state index contributed by atoms with van der Waals surface area (Å²) in [5.74, 6) is 0. The second kappa shape index (κ2) is 3.66. The minimum absolute atomic E-state index is 0.0572. The standard InChI is InChI=1S/C8H9N3O2/c1-10-5-6-2-3-7(11(12)13)4-8(6)9/h2-5,9-10H,1H3/b6-5-,9-8?. The second-order valence-corrected chi connectivity index (χ2v) is 2.46. The molecule has 13 heavy (non-hydrogen) atoms. The van der Waals surface area contributed by atoms with Gasteiger partial charge in [-0.2, -0.15) is 0 Å². The summed E-state index contributed by atoms with van der Waals surface area (Å²) in [5, 5.41) is 20.5. The first-order chi connectivity index (χ1) is 6.15. The van der Waals surface area contributed by atoms with Crippen LogP contribution in [-0.4, -0.2) is 17.7 Å². The van der Waals surface area contributed by atoms with Gasteiger partial charge in [-0.05, 0) is 6.08 Å². The molecule has 0 aromatic heterocycles. The van der Waals surface area contributed by atoms with Crippen LogP contribution in [0.1, 0.15) is 0 Å². The maximum absolute atomic E-state index is 10.3. The minimum Gasteiger partial charge on any atom is -0.393 e. The zero-order chi connectivity index (χ0) is 9.84. The van der Waals surface area contributed by atoms with Gasteiger partial charge in [0.15, 0.2) is 0 Å². The highest BCUT2D eigenvalue weighted by Gasteiger charge is 2.14. The van der Waals surface area contributed by atoms with Crippen molar-refractivity contribution in [1.29, 1.82) is 5.41 Å². The quantitative estimate of drug-likeness (QED) is 0.487. The highest BCUT2D eigenvalue weighted by molar-refractivity contribution is 6.09. The Balaban J connectivity index is 2.92. The Kier molecular flexibility index (Phi) is 2.59. The van der Waals surface area contributed by atoms with Gasteiger partial charge in [-0.1, -0.05) is 0 Å². The summed E-state index contributed by atoms with van der Waals surface area (Å²) in [6.07, 6.45) is 5.76. The molecule has 0 atom stereocenters. The highest BCUT2D eigenvalue weighted by Crippen LogP contribution is 2.12. The fraction of sp³-hybridized carbons (Fsp3) is 0.125. The van der Waals surface area contributed by atoms with Crippen LogP contribution in [-0.2, 0) is 0 Å². The van der Waals surface area contributed by atoms with Crippen LogP contribution < -0.4 is 5.32 Å². The maximum atomic E-state index is 10.3. The number of hydrogen-bond acceptors (Lipinski definition) is 4. The van der Waals surface area contributed by atoms with Crippen LogP contribution in [0.25, 0.3) is 0 Å². The number of nitrogens with one attached hydrogen (secondary N) is 2. The van der Waals surface area contributed by atoms with Crippen molar-refractivity contribution >= 4 is 5.71 Å². The average molecular weight is 179 g/mol. The number of allylic oxidation sites excluding steroid dienone is 4. The van der Waals surface area contributed by atoms with Crippen LogP contribution >= 0.6 is 0 Å². The summed E-state index contributed by atoms with van der Waals surface area (Å²) < 4.78 is 0. The molecule has 1 aliphatic rings. The summed E-state index contributed by atoms with van der Waals surface area (Å²) in [7, 11) is 1.71. The molecule has 5 heteroatoms. The van der Waals surface area contributed by atoms with Crippen molar-refractivity contribution in [2.45, 2.75) is 0 Å². The Hall–Kier alpha value is -1.91. The molecule has 0 aliphatic heterocycles. The zero-order valence-electron chi connectivity index (χ0n) is 7.07. The van der Waals surface area contributed by atoms with Crippen LogP contribution in [0.5, 0.6) is 0 Å². The fourth-order valence-electron chi connectivity index (χ4n) is 0.939. The van der Waals surface area contributed by atoms with E-state index in [9.17, 15) is 10.1 Å². The van der Waals surface area contributed by atoms with Gasteiger partial charge in [-0.25, -0.2) is 0 Å². The monoisotopic (exact) mass is 179 g/mol. The fourth-order valence-corrected chi connectivity index (χ4v) is 0.939. The topological polar surface area (TPSA) is 79.0 Å². The molecule has 0 heterocycles. The van der Waals surface area contributed by atoms with E-state index in [1.807, 2.05) is 0 Å². The third-order valence-electron chi connectivity index (χ3n) is 1.55. The Bertz CT molecular complexity index is 339. The molecule has 0 radical (unpaired) electrons. The summed E-state index contributed by atoms with van der Waals surface area (Å²) in [6.45, 7) is 0. The van der Waals surface area contributed by atoms with Crippen molar-refractivity contribution in [3.05, 3.63) is 45.8 Å². The lowest BCUT2D eigenvalue weighted by atomic mass is 10.1. The van der Waals surface area contributed by atoms with Gasteiger partial charge >= 0.3 is 0 Å². The van der Waals surface area contributed by atoms with Crippen molar-refractivity contribution in [1.82, 2.24) is 5.32 Å². The summed E-state index contributed by atoms with van der Waals surface area (Å²) in [6, 6.07) is 0. The molecule has 0 fully saturated rings. The number of rotatable bonds is 2. The smallest absolute Gasteiger partial charge is 0.271 e. The van der Waals surface area contributed by atoms with Gasteiger partial charge in [0, 0.05) is 31.0 Å². The predicted molar refractivity (Wildman–Crippen MR) is 49.1 cm³/mol. The third-order valence-corrected chi connectivity index (χ3v) is 1.55. The first-order valence-electron chi connectivity index (χ1n) is 3.65.